The molecule has 0 unspecified atom stereocenters. The molecule has 0 spiro atoms. The van der Waals surface area contributed by atoms with Crippen LogP contribution >= 0.6 is 0 Å². The van der Waals surface area contributed by atoms with Gasteiger partial charge in [-0.2, -0.15) is 0 Å². The van der Waals surface area contributed by atoms with E-state index >= 15 is 0 Å². The monoisotopic (exact) mass is 610 g/mol. The van der Waals surface area contributed by atoms with Gasteiger partial charge in [-0.1, -0.05) is 30.3 Å². The Hall–Kier alpha value is -4.53. The van der Waals surface area contributed by atoms with Crippen molar-refractivity contribution in [2.75, 3.05) is 6.61 Å². The Balaban J connectivity index is 2.71. The van der Waals surface area contributed by atoms with Crippen molar-refractivity contribution in [1.29, 1.82) is 0 Å². The summed E-state index contributed by atoms with van der Waals surface area (Å²) in [5.74, 6) is -9.39. The number of hydrogen-bond donors (Lipinski definition) is 0. The van der Waals surface area contributed by atoms with Crippen molar-refractivity contribution in [1.82, 2.24) is 0 Å². The molecule has 0 radical (unpaired) electrons. The van der Waals surface area contributed by atoms with Crippen LogP contribution in [-0.4, -0.2) is 84.7 Å². The molecule has 0 saturated carbocycles. The first-order valence-corrected chi connectivity index (χ1v) is 13.0. The second kappa shape index (κ2) is 15.6. The Morgan fingerprint density at radius 2 is 1.37 bits per heavy atom. The van der Waals surface area contributed by atoms with E-state index < -0.39 is 91.1 Å². The maximum Gasteiger partial charge on any atom is 0.380 e. The van der Waals surface area contributed by atoms with E-state index in [1.54, 1.807) is 30.3 Å². The van der Waals surface area contributed by atoms with Crippen LogP contribution in [0.5, 0.6) is 0 Å². The van der Waals surface area contributed by atoms with Gasteiger partial charge >= 0.3 is 47.6 Å². The molecule has 1 heterocycles. The summed E-state index contributed by atoms with van der Waals surface area (Å²) in [6.07, 6.45) is -9.15. The van der Waals surface area contributed by atoms with Gasteiger partial charge in [-0.15, -0.1) is 0 Å². The number of rotatable bonds is 12. The van der Waals surface area contributed by atoms with Gasteiger partial charge in [0.2, 0.25) is 0 Å². The number of carbonyl (C=O) groups is 7. The highest BCUT2D eigenvalue weighted by Crippen LogP contribution is 2.38. The van der Waals surface area contributed by atoms with Gasteiger partial charge < -0.3 is 37.9 Å². The second-order valence-corrected chi connectivity index (χ2v) is 9.44. The minimum absolute atomic E-state index is 0.293. The molecule has 15 nitrogen and oxygen atoms in total. The fourth-order valence-corrected chi connectivity index (χ4v) is 4.30. The second-order valence-electron chi connectivity index (χ2n) is 9.44. The Labute approximate surface area is 246 Å². The van der Waals surface area contributed by atoms with Crippen molar-refractivity contribution < 1.29 is 71.5 Å². The van der Waals surface area contributed by atoms with Crippen LogP contribution in [0, 0.1) is 0 Å². The Morgan fingerprint density at radius 1 is 0.767 bits per heavy atom. The molecule has 0 aromatic heterocycles. The topological polar surface area (TPSA) is 193 Å². The molecule has 1 aliphatic rings. The molecule has 2 rings (SSSR count). The van der Waals surface area contributed by atoms with E-state index in [2.05, 4.69) is 0 Å². The molecule has 0 N–H and O–H groups in total. The highest BCUT2D eigenvalue weighted by molar-refractivity contribution is 5.82. The predicted molar refractivity (Wildman–Crippen MR) is 139 cm³/mol. The van der Waals surface area contributed by atoms with E-state index in [9.17, 15) is 33.6 Å². The first-order chi connectivity index (χ1) is 20.1. The van der Waals surface area contributed by atoms with Crippen molar-refractivity contribution >= 4 is 41.8 Å². The van der Waals surface area contributed by atoms with Crippen LogP contribution in [0.2, 0.25) is 0 Å². The molecule has 15 heteroatoms. The third-order valence-electron chi connectivity index (χ3n) is 5.70. The smallest absolute Gasteiger partial charge is 0.380 e. The van der Waals surface area contributed by atoms with Crippen molar-refractivity contribution in [3.8, 4) is 0 Å². The molecule has 43 heavy (non-hydrogen) atoms. The maximum atomic E-state index is 13.6. The van der Waals surface area contributed by atoms with Crippen LogP contribution in [0.1, 0.15) is 53.5 Å². The standard InChI is InChI=1S/C28H34O15/c1-15(29)36-14-23(39-17(3)31)25(41-19(5)33)26-24(40-18(4)32)22(38-16(2)30)12-28(43-26,42-20(6)34)27(35)37-13-21-10-8-7-9-11-21/h7-11,22-26H,12-14H2,1-6H3/t22-,23+,24-,25+,26-,28+/m1/s1. The van der Waals surface area contributed by atoms with Crippen molar-refractivity contribution in [3.05, 3.63) is 35.9 Å². The Morgan fingerprint density at radius 3 is 1.88 bits per heavy atom. The zero-order chi connectivity index (χ0) is 32.3. The van der Waals surface area contributed by atoms with Gasteiger partial charge in [0, 0.05) is 41.5 Å². The molecule has 1 saturated heterocycles. The van der Waals surface area contributed by atoms with Gasteiger partial charge in [0.15, 0.2) is 18.3 Å². The molecule has 1 fully saturated rings. The van der Waals surface area contributed by atoms with Crippen LogP contribution in [0.4, 0.5) is 0 Å². The number of esters is 7. The van der Waals surface area contributed by atoms with Gasteiger partial charge in [0.25, 0.3) is 0 Å². The lowest BCUT2D eigenvalue weighted by Gasteiger charge is -2.47. The van der Waals surface area contributed by atoms with E-state index in [0.29, 0.717) is 5.56 Å². The number of ether oxygens (including phenoxy) is 8. The molecule has 0 aliphatic carbocycles. The summed E-state index contributed by atoms with van der Waals surface area (Å²) in [6.45, 7) is 5.11. The van der Waals surface area contributed by atoms with Gasteiger partial charge in [-0.3, -0.25) is 28.8 Å². The molecular weight excluding hydrogens is 576 g/mol. The number of carbonyl (C=O) groups excluding carboxylic acids is 7. The van der Waals surface area contributed by atoms with Gasteiger partial charge in [0.1, 0.15) is 25.4 Å². The lowest BCUT2D eigenvalue weighted by molar-refractivity contribution is -0.322. The fraction of sp³-hybridized carbons (Fsp3) is 0.536. The van der Waals surface area contributed by atoms with Crippen molar-refractivity contribution in [2.45, 2.75) is 90.9 Å². The zero-order valence-electron chi connectivity index (χ0n) is 24.5. The molecule has 6 atom stereocenters. The van der Waals surface area contributed by atoms with E-state index in [-0.39, 0.29) is 6.61 Å². The summed E-state index contributed by atoms with van der Waals surface area (Å²) >= 11 is 0. The summed E-state index contributed by atoms with van der Waals surface area (Å²) in [6, 6.07) is 8.44. The van der Waals surface area contributed by atoms with Crippen LogP contribution in [-0.2, 0) is 78.1 Å². The van der Waals surface area contributed by atoms with Crippen LogP contribution in [0.15, 0.2) is 30.3 Å². The van der Waals surface area contributed by atoms with Crippen molar-refractivity contribution in [3.63, 3.8) is 0 Å². The van der Waals surface area contributed by atoms with Gasteiger partial charge in [-0.05, 0) is 5.56 Å². The van der Waals surface area contributed by atoms with Crippen LogP contribution in [0.25, 0.3) is 0 Å². The highest BCUT2D eigenvalue weighted by atomic mass is 16.8. The SMILES string of the molecule is CC(=O)OC[C@H](OC(C)=O)[C@H](OC(C)=O)[C@@H]1O[C@](OC(C)=O)(C(=O)OCc2ccccc2)C[C@@H](OC(C)=O)[C@H]1OC(C)=O. The van der Waals surface area contributed by atoms with Gasteiger partial charge in [-0.25, -0.2) is 4.79 Å². The van der Waals surface area contributed by atoms with E-state index in [4.69, 9.17) is 37.9 Å². The fourth-order valence-electron chi connectivity index (χ4n) is 4.30. The van der Waals surface area contributed by atoms with E-state index in [1.807, 2.05) is 0 Å². The zero-order valence-corrected chi connectivity index (χ0v) is 24.5. The largest absolute Gasteiger partial charge is 0.462 e. The van der Waals surface area contributed by atoms with Crippen LogP contribution in [0.3, 0.4) is 0 Å². The summed E-state index contributed by atoms with van der Waals surface area (Å²) in [5.41, 5.74) is 0.560. The predicted octanol–water partition coefficient (Wildman–Crippen LogP) is 1.07. The normalized spacial score (nSPS) is 22.5. The average Bonchev–Trinajstić information content (AvgIpc) is 2.89. The molecule has 0 amide bonds. The number of benzene rings is 1. The van der Waals surface area contributed by atoms with Crippen LogP contribution < -0.4 is 0 Å². The number of hydrogen-bond acceptors (Lipinski definition) is 15. The third-order valence-corrected chi connectivity index (χ3v) is 5.70. The Kier molecular flexibility index (Phi) is 12.6. The van der Waals surface area contributed by atoms with E-state index in [1.165, 1.54) is 0 Å². The molecule has 1 aromatic carbocycles. The summed E-state index contributed by atoms with van der Waals surface area (Å²) in [7, 11) is 0. The average molecular weight is 611 g/mol. The van der Waals surface area contributed by atoms with Crippen molar-refractivity contribution in [2.24, 2.45) is 0 Å². The minimum Gasteiger partial charge on any atom is -0.462 e. The first kappa shape index (κ1) is 34.7. The highest BCUT2D eigenvalue weighted by Gasteiger charge is 2.61. The summed E-state index contributed by atoms with van der Waals surface area (Å²) in [5, 5.41) is 0. The lowest BCUT2D eigenvalue weighted by Crippen LogP contribution is -2.66. The van der Waals surface area contributed by atoms with E-state index in [0.717, 1.165) is 41.5 Å². The summed E-state index contributed by atoms with van der Waals surface area (Å²) < 4.78 is 43.1. The summed E-state index contributed by atoms with van der Waals surface area (Å²) in [4.78, 5) is 86.0. The quantitative estimate of drug-likeness (QED) is 0.241. The maximum absolute atomic E-state index is 13.6. The molecular formula is C28H34O15. The molecule has 236 valence electrons. The Bertz CT molecular complexity index is 1200. The third kappa shape index (κ3) is 10.7. The molecule has 1 aromatic rings. The minimum atomic E-state index is -2.65. The lowest BCUT2D eigenvalue weighted by atomic mass is 9.89. The molecule has 1 aliphatic heterocycles. The first-order valence-electron chi connectivity index (χ1n) is 13.0. The van der Waals surface area contributed by atoms with Gasteiger partial charge in [0.05, 0.1) is 6.42 Å². The molecule has 0 bridgehead atoms.